The second-order valence-corrected chi connectivity index (χ2v) is 6.10. The Morgan fingerprint density at radius 3 is 2.80 bits per heavy atom. The van der Waals surface area contributed by atoms with Gasteiger partial charge in [-0.2, -0.15) is 0 Å². The first-order chi connectivity index (χ1) is 9.54. The Labute approximate surface area is 121 Å². The molecule has 2 amide bonds. The molecule has 20 heavy (non-hydrogen) atoms. The fourth-order valence-corrected chi connectivity index (χ4v) is 2.90. The summed E-state index contributed by atoms with van der Waals surface area (Å²) in [4.78, 5) is 26.4. The van der Waals surface area contributed by atoms with Crippen LogP contribution in [0.15, 0.2) is 0 Å². The van der Waals surface area contributed by atoms with Gasteiger partial charge in [-0.05, 0) is 31.6 Å². The van der Waals surface area contributed by atoms with Crippen LogP contribution in [-0.4, -0.2) is 48.6 Å². The minimum Gasteiger partial charge on any atom is -0.381 e. The van der Waals surface area contributed by atoms with Gasteiger partial charge in [0.2, 0.25) is 11.8 Å². The largest absolute Gasteiger partial charge is 0.381 e. The molecule has 0 aromatic heterocycles. The Kier molecular flexibility index (Phi) is 5.02. The van der Waals surface area contributed by atoms with Gasteiger partial charge >= 0.3 is 0 Å². The van der Waals surface area contributed by atoms with E-state index in [4.69, 9.17) is 4.74 Å². The smallest absolute Gasteiger partial charge is 0.246 e. The molecule has 2 aliphatic heterocycles. The van der Waals surface area contributed by atoms with E-state index in [0.29, 0.717) is 12.5 Å². The highest BCUT2D eigenvalue weighted by Crippen LogP contribution is 2.21. The number of hydrogen-bond donors (Lipinski definition) is 1. The van der Waals surface area contributed by atoms with E-state index in [2.05, 4.69) is 5.32 Å². The van der Waals surface area contributed by atoms with Gasteiger partial charge in [-0.15, -0.1) is 0 Å². The van der Waals surface area contributed by atoms with Gasteiger partial charge in [0.05, 0.1) is 0 Å². The van der Waals surface area contributed by atoms with Gasteiger partial charge in [-0.25, -0.2) is 0 Å². The number of hydrogen-bond acceptors (Lipinski definition) is 3. The standard InChI is InChI=1S/C15H26N2O3/c1-4-10(2)13-15(19)17(11(3)14(18)16-13)7-5-12-6-8-20-9-12/h10-13H,4-9H2,1-3H3,(H,16,18). The van der Waals surface area contributed by atoms with Crippen molar-refractivity contribution in [3.63, 3.8) is 0 Å². The summed E-state index contributed by atoms with van der Waals surface area (Å²) in [6, 6.07) is -0.714. The minimum absolute atomic E-state index is 0.0300. The number of ether oxygens (including phenoxy) is 1. The average molecular weight is 282 g/mol. The molecule has 0 spiro atoms. The quantitative estimate of drug-likeness (QED) is 0.823. The highest BCUT2D eigenvalue weighted by Gasteiger charge is 2.40. The van der Waals surface area contributed by atoms with Gasteiger partial charge in [0.25, 0.3) is 0 Å². The van der Waals surface area contributed by atoms with E-state index in [1.165, 1.54) is 0 Å². The topological polar surface area (TPSA) is 58.6 Å². The highest BCUT2D eigenvalue weighted by atomic mass is 16.5. The molecular formula is C15H26N2O3. The van der Waals surface area contributed by atoms with Crippen molar-refractivity contribution in [3.05, 3.63) is 0 Å². The SMILES string of the molecule is CCC(C)C1NC(=O)C(C)N(CCC2CCOC2)C1=O. The summed E-state index contributed by atoms with van der Waals surface area (Å²) < 4.78 is 5.37. The predicted molar refractivity (Wildman–Crippen MR) is 76.1 cm³/mol. The van der Waals surface area contributed by atoms with E-state index in [1.807, 2.05) is 20.8 Å². The van der Waals surface area contributed by atoms with Gasteiger partial charge in [-0.3, -0.25) is 9.59 Å². The van der Waals surface area contributed by atoms with Crippen LogP contribution in [0.25, 0.3) is 0 Å². The number of rotatable bonds is 5. The maximum absolute atomic E-state index is 12.6. The number of carbonyl (C=O) groups is 2. The van der Waals surface area contributed by atoms with Crippen molar-refractivity contribution in [1.29, 1.82) is 0 Å². The van der Waals surface area contributed by atoms with E-state index in [-0.39, 0.29) is 29.8 Å². The number of amides is 2. The fraction of sp³-hybridized carbons (Fsp3) is 0.867. The zero-order valence-corrected chi connectivity index (χ0v) is 12.7. The average Bonchev–Trinajstić information content (AvgIpc) is 2.95. The molecule has 0 bridgehead atoms. The first-order valence-electron chi connectivity index (χ1n) is 7.73. The Morgan fingerprint density at radius 2 is 2.20 bits per heavy atom. The predicted octanol–water partition coefficient (Wildman–Crippen LogP) is 1.17. The molecule has 0 aromatic carbocycles. The van der Waals surface area contributed by atoms with Gasteiger partial charge in [0, 0.05) is 19.8 Å². The third-order valence-corrected chi connectivity index (χ3v) is 4.71. The van der Waals surface area contributed by atoms with Crippen LogP contribution in [-0.2, 0) is 14.3 Å². The summed E-state index contributed by atoms with van der Waals surface area (Å²) in [5.74, 6) is 0.751. The lowest BCUT2D eigenvalue weighted by molar-refractivity contribution is -0.150. The van der Waals surface area contributed by atoms with Crippen LogP contribution in [0.3, 0.4) is 0 Å². The lowest BCUT2D eigenvalue weighted by atomic mass is 9.94. The van der Waals surface area contributed by atoms with Gasteiger partial charge in [0.1, 0.15) is 12.1 Å². The van der Waals surface area contributed by atoms with Crippen LogP contribution in [0.4, 0.5) is 0 Å². The monoisotopic (exact) mass is 282 g/mol. The molecule has 2 aliphatic rings. The maximum atomic E-state index is 12.6. The minimum atomic E-state index is -0.358. The molecule has 4 unspecified atom stereocenters. The summed E-state index contributed by atoms with van der Waals surface area (Å²) in [5, 5.41) is 2.87. The molecule has 2 fully saturated rings. The molecule has 5 heteroatoms. The first kappa shape index (κ1) is 15.3. The molecule has 0 saturated carbocycles. The molecule has 5 nitrogen and oxygen atoms in total. The zero-order valence-electron chi connectivity index (χ0n) is 12.7. The molecule has 0 aliphatic carbocycles. The molecule has 0 radical (unpaired) electrons. The molecule has 4 atom stereocenters. The van der Waals surface area contributed by atoms with Crippen LogP contribution in [0.1, 0.15) is 40.0 Å². The summed E-state index contributed by atoms with van der Waals surface area (Å²) in [7, 11) is 0. The summed E-state index contributed by atoms with van der Waals surface area (Å²) >= 11 is 0. The Bertz CT molecular complexity index is 366. The van der Waals surface area contributed by atoms with Crippen molar-refractivity contribution >= 4 is 11.8 Å². The highest BCUT2D eigenvalue weighted by molar-refractivity contribution is 5.96. The van der Waals surface area contributed by atoms with E-state index in [9.17, 15) is 9.59 Å². The van der Waals surface area contributed by atoms with Crippen LogP contribution in [0.2, 0.25) is 0 Å². The second-order valence-electron chi connectivity index (χ2n) is 6.10. The molecule has 0 aromatic rings. The van der Waals surface area contributed by atoms with Crippen molar-refractivity contribution in [2.45, 2.75) is 52.1 Å². The molecule has 2 heterocycles. The molecule has 2 rings (SSSR count). The van der Waals surface area contributed by atoms with Gasteiger partial charge < -0.3 is 15.0 Å². The molecule has 114 valence electrons. The number of nitrogens with zero attached hydrogens (tertiary/aromatic N) is 1. The second kappa shape index (κ2) is 6.57. The number of nitrogens with one attached hydrogen (secondary N) is 1. The molecule has 2 saturated heterocycles. The van der Waals surface area contributed by atoms with E-state index >= 15 is 0 Å². The van der Waals surface area contributed by atoms with Crippen molar-refractivity contribution in [2.75, 3.05) is 19.8 Å². The summed E-state index contributed by atoms with van der Waals surface area (Å²) in [6.45, 7) is 8.14. The van der Waals surface area contributed by atoms with Crippen molar-refractivity contribution in [1.82, 2.24) is 10.2 Å². The first-order valence-corrected chi connectivity index (χ1v) is 7.73. The van der Waals surface area contributed by atoms with Gasteiger partial charge in [-0.1, -0.05) is 20.3 Å². The Hall–Kier alpha value is -1.10. The van der Waals surface area contributed by atoms with Gasteiger partial charge in [0.15, 0.2) is 0 Å². The lowest BCUT2D eigenvalue weighted by Gasteiger charge is -2.39. The summed E-state index contributed by atoms with van der Waals surface area (Å²) in [6.07, 6.45) is 2.88. The zero-order chi connectivity index (χ0) is 14.7. The van der Waals surface area contributed by atoms with Crippen molar-refractivity contribution in [3.8, 4) is 0 Å². The third-order valence-electron chi connectivity index (χ3n) is 4.71. The number of carbonyl (C=O) groups excluding carboxylic acids is 2. The van der Waals surface area contributed by atoms with E-state index in [1.54, 1.807) is 4.90 Å². The third kappa shape index (κ3) is 3.14. The number of piperazine rings is 1. The van der Waals surface area contributed by atoms with E-state index < -0.39 is 0 Å². The lowest BCUT2D eigenvalue weighted by Crippen LogP contribution is -2.64. The molecule has 1 N–H and O–H groups in total. The van der Waals surface area contributed by atoms with Crippen LogP contribution in [0, 0.1) is 11.8 Å². The Balaban J connectivity index is 1.99. The van der Waals surface area contributed by atoms with Crippen LogP contribution < -0.4 is 5.32 Å². The summed E-state index contributed by atoms with van der Waals surface area (Å²) in [5.41, 5.74) is 0. The fourth-order valence-electron chi connectivity index (χ4n) is 2.90. The van der Waals surface area contributed by atoms with Crippen LogP contribution in [0.5, 0.6) is 0 Å². The van der Waals surface area contributed by atoms with E-state index in [0.717, 1.165) is 32.5 Å². The van der Waals surface area contributed by atoms with Crippen LogP contribution >= 0.6 is 0 Å². The Morgan fingerprint density at radius 1 is 1.45 bits per heavy atom. The molecular weight excluding hydrogens is 256 g/mol. The normalized spacial score (nSPS) is 32.4. The van der Waals surface area contributed by atoms with Crippen molar-refractivity contribution < 1.29 is 14.3 Å². The maximum Gasteiger partial charge on any atom is 0.246 e. The van der Waals surface area contributed by atoms with Crippen molar-refractivity contribution in [2.24, 2.45) is 11.8 Å².